The first-order valence-corrected chi connectivity index (χ1v) is 4.75. The van der Waals surface area contributed by atoms with Crippen LogP contribution < -0.4 is 5.73 Å². The van der Waals surface area contributed by atoms with Gasteiger partial charge < -0.3 is 20.3 Å². The van der Waals surface area contributed by atoms with Crippen molar-refractivity contribution in [1.82, 2.24) is 0 Å². The normalized spacial score (nSPS) is 21.5. The lowest BCUT2D eigenvalue weighted by atomic mass is 10.2. The molecule has 0 bridgehead atoms. The molecule has 0 heterocycles. The summed E-state index contributed by atoms with van der Waals surface area (Å²) in [6.07, 6.45) is 2.22. The highest BCUT2D eigenvalue weighted by Gasteiger charge is 2.25. The molecule has 0 aromatic rings. The third-order valence-corrected chi connectivity index (χ3v) is 2.26. The summed E-state index contributed by atoms with van der Waals surface area (Å²) in [5, 5.41) is 9.00. The fraction of sp³-hybridized carbons (Fsp3) is 1.00. The highest BCUT2D eigenvalue weighted by molar-refractivity contribution is 4.76. The van der Waals surface area contributed by atoms with E-state index in [4.69, 9.17) is 20.3 Å². The van der Waals surface area contributed by atoms with E-state index in [0.717, 1.165) is 6.61 Å². The van der Waals surface area contributed by atoms with E-state index in [9.17, 15) is 0 Å². The van der Waals surface area contributed by atoms with Crippen molar-refractivity contribution in [3.05, 3.63) is 0 Å². The Kier molecular flexibility index (Phi) is 4.66. The number of hydrogen-bond acceptors (Lipinski definition) is 4. The second kappa shape index (κ2) is 5.54. The van der Waals surface area contributed by atoms with Gasteiger partial charge in [0.15, 0.2) is 0 Å². The van der Waals surface area contributed by atoms with Crippen molar-refractivity contribution in [3.63, 3.8) is 0 Å². The first kappa shape index (κ1) is 10.9. The Labute approximate surface area is 79.0 Å². The fourth-order valence-electron chi connectivity index (χ4n) is 1.16. The van der Waals surface area contributed by atoms with Crippen LogP contribution in [0.2, 0.25) is 0 Å². The van der Waals surface area contributed by atoms with E-state index in [0.29, 0.717) is 12.5 Å². The van der Waals surface area contributed by atoms with Crippen molar-refractivity contribution in [3.8, 4) is 0 Å². The van der Waals surface area contributed by atoms with E-state index in [1.165, 1.54) is 12.8 Å². The van der Waals surface area contributed by atoms with Gasteiger partial charge in [0.2, 0.25) is 0 Å². The minimum Gasteiger partial charge on any atom is -0.394 e. The van der Waals surface area contributed by atoms with Crippen LogP contribution >= 0.6 is 0 Å². The van der Waals surface area contributed by atoms with Crippen LogP contribution in [0.1, 0.15) is 12.8 Å². The van der Waals surface area contributed by atoms with Crippen molar-refractivity contribution in [2.75, 3.05) is 26.9 Å². The van der Waals surface area contributed by atoms with Gasteiger partial charge in [0, 0.05) is 13.7 Å². The second-order valence-corrected chi connectivity index (χ2v) is 3.62. The Morgan fingerprint density at radius 3 is 2.69 bits per heavy atom. The number of hydrogen-bond donors (Lipinski definition) is 2. The van der Waals surface area contributed by atoms with Crippen LogP contribution in [-0.2, 0) is 9.47 Å². The molecule has 2 atom stereocenters. The van der Waals surface area contributed by atoms with Crippen LogP contribution in [-0.4, -0.2) is 44.2 Å². The van der Waals surface area contributed by atoms with E-state index >= 15 is 0 Å². The maximum absolute atomic E-state index is 9.00. The molecule has 0 aromatic carbocycles. The first-order chi connectivity index (χ1) is 6.27. The van der Waals surface area contributed by atoms with Gasteiger partial charge in [0.05, 0.1) is 25.4 Å². The summed E-state index contributed by atoms with van der Waals surface area (Å²) < 4.78 is 10.4. The summed E-state index contributed by atoms with van der Waals surface area (Å²) in [7, 11) is 1.59. The zero-order valence-electron chi connectivity index (χ0n) is 8.11. The Bertz CT molecular complexity index is 139. The van der Waals surface area contributed by atoms with Crippen molar-refractivity contribution in [2.45, 2.75) is 25.0 Å². The molecule has 0 radical (unpaired) electrons. The molecule has 1 rings (SSSR count). The van der Waals surface area contributed by atoms with Crippen LogP contribution in [0.5, 0.6) is 0 Å². The summed E-state index contributed by atoms with van der Waals surface area (Å²) in [5.41, 5.74) is 5.74. The minimum atomic E-state index is -0.277. The van der Waals surface area contributed by atoms with Gasteiger partial charge >= 0.3 is 0 Å². The molecular weight excluding hydrogens is 170 g/mol. The van der Waals surface area contributed by atoms with E-state index < -0.39 is 0 Å². The highest BCUT2D eigenvalue weighted by Crippen LogP contribution is 2.29. The van der Waals surface area contributed by atoms with Crippen LogP contribution in [0.25, 0.3) is 0 Å². The number of methoxy groups -OCH3 is 1. The van der Waals surface area contributed by atoms with Gasteiger partial charge in [-0.25, -0.2) is 0 Å². The molecule has 0 aliphatic heterocycles. The molecule has 1 saturated carbocycles. The molecule has 4 heteroatoms. The number of aliphatic hydroxyl groups is 1. The Morgan fingerprint density at radius 2 is 2.23 bits per heavy atom. The van der Waals surface area contributed by atoms with E-state index in [-0.39, 0.29) is 18.8 Å². The summed E-state index contributed by atoms with van der Waals surface area (Å²) in [6, 6.07) is -0.228. The lowest BCUT2D eigenvalue weighted by molar-refractivity contribution is -0.0219. The second-order valence-electron chi connectivity index (χ2n) is 3.62. The van der Waals surface area contributed by atoms with Gasteiger partial charge in [-0.2, -0.15) is 0 Å². The van der Waals surface area contributed by atoms with Crippen molar-refractivity contribution < 1.29 is 14.6 Å². The third-order valence-electron chi connectivity index (χ3n) is 2.26. The molecule has 2 unspecified atom stereocenters. The Balaban J connectivity index is 2.14. The zero-order valence-corrected chi connectivity index (χ0v) is 8.11. The highest BCUT2D eigenvalue weighted by atomic mass is 16.5. The molecule has 13 heavy (non-hydrogen) atoms. The lowest BCUT2D eigenvalue weighted by Gasteiger charge is -2.21. The topological polar surface area (TPSA) is 64.7 Å². The molecule has 0 aromatic heterocycles. The van der Waals surface area contributed by atoms with E-state index in [1.807, 2.05) is 0 Å². The summed E-state index contributed by atoms with van der Waals surface area (Å²) in [5.74, 6) is 0.698. The molecule has 0 saturated heterocycles. The average Bonchev–Trinajstić information content (AvgIpc) is 2.89. The lowest BCUT2D eigenvalue weighted by Crippen LogP contribution is -2.43. The van der Waals surface area contributed by atoms with Crippen LogP contribution in [0, 0.1) is 5.92 Å². The predicted molar refractivity (Wildman–Crippen MR) is 49.4 cm³/mol. The van der Waals surface area contributed by atoms with Gasteiger partial charge in [0.25, 0.3) is 0 Å². The number of aliphatic hydroxyl groups excluding tert-OH is 1. The molecule has 1 fully saturated rings. The molecule has 78 valence electrons. The standard InChI is InChI=1S/C9H19NO3/c1-12-6-8(10)9(4-11)13-5-7-2-3-7/h7-9,11H,2-6,10H2,1H3. The third kappa shape index (κ3) is 4.04. The van der Waals surface area contributed by atoms with E-state index in [1.54, 1.807) is 7.11 Å². The number of rotatable bonds is 7. The van der Waals surface area contributed by atoms with Gasteiger partial charge in [-0.1, -0.05) is 0 Å². The van der Waals surface area contributed by atoms with Crippen LogP contribution in [0.15, 0.2) is 0 Å². The Hall–Kier alpha value is -0.160. The number of ether oxygens (including phenoxy) is 2. The van der Waals surface area contributed by atoms with Gasteiger partial charge in [-0.3, -0.25) is 0 Å². The van der Waals surface area contributed by atoms with Gasteiger partial charge in [-0.15, -0.1) is 0 Å². The summed E-state index contributed by atoms with van der Waals surface area (Å²) in [6.45, 7) is 1.12. The molecular formula is C9H19NO3. The maximum Gasteiger partial charge on any atom is 0.0978 e. The first-order valence-electron chi connectivity index (χ1n) is 4.75. The van der Waals surface area contributed by atoms with Crippen molar-refractivity contribution in [2.24, 2.45) is 11.7 Å². The quantitative estimate of drug-likeness (QED) is 0.579. The number of nitrogens with two attached hydrogens (primary N) is 1. The largest absolute Gasteiger partial charge is 0.394 e. The molecule has 1 aliphatic carbocycles. The molecule has 3 N–H and O–H groups in total. The van der Waals surface area contributed by atoms with Gasteiger partial charge in [-0.05, 0) is 18.8 Å². The maximum atomic E-state index is 9.00. The molecule has 0 amide bonds. The molecule has 1 aliphatic rings. The Morgan fingerprint density at radius 1 is 1.54 bits per heavy atom. The fourth-order valence-corrected chi connectivity index (χ4v) is 1.16. The summed E-state index contributed by atoms with van der Waals surface area (Å²) >= 11 is 0. The average molecular weight is 189 g/mol. The van der Waals surface area contributed by atoms with E-state index in [2.05, 4.69) is 0 Å². The van der Waals surface area contributed by atoms with Crippen LogP contribution in [0.3, 0.4) is 0 Å². The van der Waals surface area contributed by atoms with Crippen molar-refractivity contribution >= 4 is 0 Å². The molecule has 4 nitrogen and oxygen atoms in total. The monoisotopic (exact) mass is 189 g/mol. The summed E-state index contributed by atoms with van der Waals surface area (Å²) in [4.78, 5) is 0. The zero-order chi connectivity index (χ0) is 9.68. The smallest absolute Gasteiger partial charge is 0.0978 e. The predicted octanol–water partition coefficient (Wildman–Crippen LogP) is -0.252. The molecule has 0 spiro atoms. The van der Waals surface area contributed by atoms with Crippen LogP contribution in [0.4, 0.5) is 0 Å². The van der Waals surface area contributed by atoms with Gasteiger partial charge in [0.1, 0.15) is 0 Å². The SMILES string of the molecule is COCC(N)C(CO)OCC1CC1. The minimum absolute atomic E-state index is 0.0305. The van der Waals surface area contributed by atoms with Crippen molar-refractivity contribution in [1.29, 1.82) is 0 Å².